The fourth-order valence-corrected chi connectivity index (χ4v) is 3.37. The molecular formula is C38H59ClF8O13. The number of halogens is 9. The third kappa shape index (κ3) is 32.0. The Morgan fingerprint density at radius 1 is 0.583 bits per heavy atom. The Hall–Kier alpha value is -3.85. The SMILES string of the molecule is C=C(C)C(=O)OCC(COC(=O)C(F)(F)CCCC)OC(=O)C(F)(F)CCCC.C=C(C)C(=O)OCC(O)CO.CCCCC(F)(F)C(=O)Cl.CCCCC(F)(F)C(=O)O. The zero-order chi connectivity index (χ0) is 47.9. The van der Waals surface area contributed by atoms with Gasteiger partial charge in [0.2, 0.25) is 0 Å². The highest BCUT2D eigenvalue weighted by Crippen LogP contribution is 2.26. The number of carbonyl (C=O) groups excluding carboxylic acids is 5. The van der Waals surface area contributed by atoms with Crippen molar-refractivity contribution in [2.45, 2.75) is 154 Å². The lowest BCUT2D eigenvalue weighted by Gasteiger charge is -2.22. The molecule has 2 unspecified atom stereocenters. The Kier molecular flexibility index (Phi) is 34.4. The van der Waals surface area contributed by atoms with Gasteiger partial charge in [-0.1, -0.05) is 66.5 Å². The summed E-state index contributed by atoms with van der Waals surface area (Å²) in [5, 5.41) is 23.4. The van der Waals surface area contributed by atoms with E-state index in [2.05, 4.69) is 39.0 Å². The second-order valence-corrected chi connectivity index (χ2v) is 13.4. The summed E-state index contributed by atoms with van der Waals surface area (Å²) in [6, 6.07) is 0. The Balaban J connectivity index is -0.000000411. The number of hydrogen-bond donors (Lipinski definition) is 3. The maximum absolute atomic E-state index is 13.8. The van der Waals surface area contributed by atoms with Crippen molar-refractivity contribution in [1.29, 1.82) is 0 Å². The van der Waals surface area contributed by atoms with Gasteiger partial charge in [0.25, 0.3) is 5.24 Å². The topological polar surface area (TPSA) is 200 Å². The van der Waals surface area contributed by atoms with Crippen LogP contribution in [0.1, 0.15) is 119 Å². The monoisotopic (exact) mass is 910 g/mol. The third-order valence-electron chi connectivity index (χ3n) is 6.96. The molecule has 0 spiro atoms. The molecule has 13 nitrogen and oxygen atoms in total. The van der Waals surface area contributed by atoms with E-state index in [1.165, 1.54) is 13.8 Å². The molecular weight excluding hydrogens is 852 g/mol. The first-order chi connectivity index (χ1) is 27.5. The van der Waals surface area contributed by atoms with Gasteiger partial charge in [-0.3, -0.25) is 4.79 Å². The van der Waals surface area contributed by atoms with Gasteiger partial charge in [0.15, 0.2) is 6.10 Å². The number of aliphatic hydroxyl groups excluding tert-OH is 2. The molecule has 352 valence electrons. The average Bonchev–Trinajstić information content (AvgIpc) is 3.17. The van der Waals surface area contributed by atoms with Crippen molar-refractivity contribution in [2.24, 2.45) is 0 Å². The average molecular weight is 911 g/mol. The molecule has 2 atom stereocenters. The van der Waals surface area contributed by atoms with E-state index in [0.29, 0.717) is 32.1 Å². The van der Waals surface area contributed by atoms with Crippen LogP contribution in [0.2, 0.25) is 0 Å². The maximum atomic E-state index is 13.8. The molecule has 0 aromatic rings. The van der Waals surface area contributed by atoms with E-state index < -0.39 is 116 Å². The lowest BCUT2D eigenvalue weighted by Crippen LogP contribution is -2.40. The van der Waals surface area contributed by atoms with Crippen LogP contribution in [0.4, 0.5) is 35.1 Å². The molecule has 0 aliphatic heterocycles. The minimum Gasteiger partial charge on any atom is -0.477 e. The van der Waals surface area contributed by atoms with Gasteiger partial charge in [0.1, 0.15) is 25.9 Å². The Morgan fingerprint density at radius 3 is 1.25 bits per heavy atom. The van der Waals surface area contributed by atoms with Crippen LogP contribution in [0.5, 0.6) is 0 Å². The number of carbonyl (C=O) groups is 6. The van der Waals surface area contributed by atoms with Crippen LogP contribution in [-0.4, -0.2) is 113 Å². The van der Waals surface area contributed by atoms with Gasteiger partial charge in [-0.15, -0.1) is 0 Å². The number of aliphatic hydroxyl groups is 2. The summed E-state index contributed by atoms with van der Waals surface area (Å²) in [5.74, 6) is -21.7. The molecule has 60 heavy (non-hydrogen) atoms. The van der Waals surface area contributed by atoms with Crippen molar-refractivity contribution in [1.82, 2.24) is 0 Å². The van der Waals surface area contributed by atoms with E-state index in [1.807, 2.05) is 0 Å². The highest BCUT2D eigenvalue weighted by molar-refractivity contribution is 6.65. The quantitative estimate of drug-likeness (QED) is 0.0247. The number of ether oxygens (including phenoxy) is 4. The fourth-order valence-electron chi connectivity index (χ4n) is 3.27. The number of unbranched alkanes of at least 4 members (excludes halogenated alkanes) is 4. The third-order valence-corrected chi connectivity index (χ3v) is 7.24. The first-order valence-corrected chi connectivity index (χ1v) is 19.1. The summed E-state index contributed by atoms with van der Waals surface area (Å²) in [6.45, 7) is 13.9. The van der Waals surface area contributed by atoms with Gasteiger partial charge < -0.3 is 34.3 Å². The van der Waals surface area contributed by atoms with Gasteiger partial charge in [-0.05, 0) is 51.1 Å². The minimum absolute atomic E-state index is 0.0218. The van der Waals surface area contributed by atoms with Crippen LogP contribution in [-0.2, 0) is 47.7 Å². The second-order valence-electron chi connectivity index (χ2n) is 13.0. The van der Waals surface area contributed by atoms with Gasteiger partial charge in [-0.25, -0.2) is 24.0 Å². The van der Waals surface area contributed by atoms with Crippen LogP contribution < -0.4 is 0 Å². The summed E-state index contributed by atoms with van der Waals surface area (Å²) < 4.78 is 122. The molecule has 0 aromatic heterocycles. The Morgan fingerprint density at radius 2 is 0.917 bits per heavy atom. The van der Waals surface area contributed by atoms with E-state index in [1.54, 1.807) is 27.7 Å². The van der Waals surface area contributed by atoms with Crippen LogP contribution >= 0.6 is 11.6 Å². The first kappa shape index (κ1) is 62.8. The fraction of sp³-hybridized carbons (Fsp3) is 0.737. The highest BCUT2D eigenvalue weighted by atomic mass is 35.5. The number of carboxylic acids is 1. The van der Waals surface area contributed by atoms with Crippen molar-refractivity contribution < 1.29 is 98.2 Å². The molecule has 0 bridgehead atoms. The van der Waals surface area contributed by atoms with Crippen molar-refractivity contribution in [2.75, 3.05) is 26.4 Å². The summed E-state index contributed by atoms with van der Waals surface area (Å²) in [4.78, 5) is 65.1. The Bertz CT molecular complexity index is 1300. The zero-order valence-corrected chi connectivity index (χ0v) is 35.5. The summed E-state index contributed by atoms with van der Waals surface area (Å²) >= 11 is 4.62. The lowest BCUT2D eigenvalue weighted by atomic mass is 10.1. The van der Waals surface area contributed by atoms with Gasteiger partial charge >= 0.3 is 53.5 Å². The normalized spacial score (nSPS) is 12.3. The smallest absolute Gasteiger partial charge is 0.377 e. The molecule has 3 N–H and O–H groups in total. The van der Waals surface area contributed by atoms with Crippen LogP contribution in [0.3, 0.4) is 0 Å². The molecule has 0 aliphatic rings. The van der Waals surface area contributed by atoms with E-state index in [9.17, 15) is 63.9 Å². The number of rotatable bonds is 26. The number of aliphatic carboxylic acids is 1. The van der Waals surface area contributed by atoms with Crippen molar-refractivity contribution in [3.05, 3.63) is 24.3 Å². The standard InChI is InChI=1S/C19H28F4O6.C7H12O4.C6H9ClF2O.C6H10F2O2/c1-5-7-9-18(20,21)16(25)28-12-14(11-27-15(24)13(3)4)29-17(26)19(22,23)10-8-6-2;1-5(2)7(10)11-4-6(9)3-8;1-2-3-4-6(8,9)5(7)10;1-2-3-4-6(7,8)5(9)10/h14H,3,5-12H2,1-2,4H3;6,8-9H,1,3-4H2,2H3;2-4H2,1H3;2-4H2,1H3,(H,9,10). The summed E-state index contributed by atoms with van der Waals surface area (Å²) in [6.07, 6.45) is -2.43. The van der Waals surface area contributed by atoms with Crippen LogP contribution in [0.25, 0.3) is 0 Å². The van der Waals surface area contributed by atoms with E-state index >= 15 is 0 Å². The van der Waals surface area contributed by atoms with Crippen LogP contribution in [0.15, 0.2) is 24.3 Å². The molecule has 0 rings (SSSR count). The van der Waals surface area contributed by atoms with Gasteiger partial charge in [-0.2, -0.15) is 35.1 Å². The second kappa shape index (κ2) is 32.9. The summed E-state index contributed by atoms with van der Waals surface area (Å²) in [5.41, 5.74) is 0.251. The largest absolute Gasteiger partial charge is 0.477 e. The van der Waals surface area contributed by atoms with Gasteiger partial charge in [0.05, 0.1) is 6.61 Å². The zero-order valence-electron chi connectivity index (χ0n) is 34.7. The number of esters is 4. The van der Waals surface area contributed by atoms with Crippen molar-refractivity contribution in [3.8, 4) is 0 Å². The summed E-state index contributed by atoms with van der Waals surface area (Å²) in [7, 11) is 0. The van der Waals surface area contributed by atoms with Crippen LogP contribution in [0, 0.1) is 0 Å². The van der Waals surface area contributed by atoms with E-state index in [-0.39, 0.29) is 37.0 Å². The minimum atomic E-state index is -3.82. The van der Waals surface area contributed by atoms with E-state index in [0.717, 1.165) is 0 Å². The maximum Gasteiger partial charge on any atom is 0.377 e. The molecule has 0 aromatic carbocycles. The van der Waals surface area contributed by atoms with E-state index in [4.69, 9.17) is 20.1 Å². The predicted octanol–water partition coefficient (Wildman–Crippen LogP) is 8.14. The Labute approximate surface area is 349 Å². The highest BCUT2D eigenvalue weighted by Gasteiger charge is 2.43. The molecule has 0 saturated heterocycles. The molecule has 0 aliphatic carbocycles. The number of hydrogen-bond acceptors (Lipinski definition) is 12. The molecule has 0 fully saturated rings. The molecule has 0 amide bonds. The van der Waals surface area contributed by atoms with Crippen molar-refractivity contribution >= 4 is 46.7 Å². The predicted molar refractivity (Wildman–Crippen MR) is 202 cm³/mol. The van der Waals surface area contributed by atoms with Gasteiger partial charge in [0, 0.05) is 36.8 Å². The van der Waals surface area contributed by atoms with Crippen molar-refractivity contribution in [3.63, 3.8) is 0 Å². The molecule has 22 heteroatoms. The number of carboxylic acid groups (broad SMARTS) is 1. The molecule has 0 radical (unpaired) electrons. The molecule has 0 heterocycles. The number of alkyl halides is 8. The lowest BCUT2D eigenvalue weighted by molar-refractivity contribution is -0.192. The first-order valence-electron chi connectivity index (χ1n) is 18.7. The molecule has 0 saturated carbocycles.